The van der Waals surface area contributed by atoms with Gasteiger partial charge in [0.05, 0.1) is 23.0 Å². The van der Waals surface area contributed by atoms with Gasteiger partial charge in [-0.15, -0.1) is 11.3 Å². The normalized spacial score (nSPS) is 12.6. The van der Waals surface area contributed by atoms with Crippen LogP contribution in [0.5, 0.6) is 0 Å². The molecule has 0 aliphatic carbocycles. The van der Waals surface area contributed by atoms with Crippen LogP contribution < -0.4 is 11.2 Å². The summed E-state index contributed by atoms with van der Waals surface area (Å²) in [4.78, 5) is 57.3. The lowest BCUT2D eigenvalue weighted by molar-refractivity contribution is -0.149. The van der Waals surface area contributed by atoms with Crippen molar-refractivity contribution in [2.75, 3.05) is 0 Å². The molecule has 4 rings (SSSR count). The minimum absolute atomic E-state index is 0.126. The molecule has 10 nitrogen and oxygen atoms in total. The molecule has 0 spiro atoms. The van der Waals surface area contributed by atoms with Gasteiger partial charge in [-0.1, -0.05) is 38.1 Å². The van der Waals surface area contributed by atoms with Gasteiger partial charge in [-0.05, 0) is 43.9 Å². The van der Waals surface area contributed by atoms with Gasteiger partial charge in [-0.2, -0.15) is 0 Å². The second kappa shape index (κ2) is 10.4. The van der Waals surface area contributed by atoms with Crippen molar-refractivity contribution in [2.24, 2.45) is 0 Å². The SMILES string of the molecule is CCC(=O)O[C@@H](Cn1c(=O)n(C(C)(C)C(=O)O)c(=O)c2c(C)c(-c3ncco3)sc21)c1ccccc1CC. The first-order valence-corrected chi connectivity index (χ1v) is 13.0. The van der Waals surface area contributed by atoms with E-state index < -0.39 is 34.8 Å². The lowest BCUT2D eigenvalue weighted by Crippen LogP contribution is -2.52. The molecule has 0 aliphatic heterocycles. The standard InChI is InChI=1S/C27H29N3O7S/c1-6-16-10-8-9-11-17(16)18(37-19(31)7-2)14-29-24-20(15(3)21(38-24)22-28-12-13-36-22)23(32)30(26(29)35)27(4,5)25(33)34/h8-13,18H,6-7,14H2,1-5H3,(H,33,34)/t18-/m0/s1. The molecular weight excluding hydrogens is 510 g/mol. The second-order valence-corrected chi connectivity index (χ2v) is 10.4. The molecule has 3 heterocycles. The van der Waals surface area contributed by atoms with Crippen molar-refractivity contribution in [3.05, 3.63) is 74.3 Å². The third kappa shape index (κ3) is 4.58. The Balaban J connectivity index is 2.06. The zero-order valence-electron chi connectivity index (χ0n) is 21.8. The van der Waals surface area contributed by atoms with Crippen molar-refractivity contribution in [1.82, 2.24) is 14.1 Å². The molecule has 0 fully saturated rings. The van der Waals surface area contributed by atoms with E-state index in [9.17, 15) is 24.3 Å². The number of carboxylic acid groups (broad SMARTS) is 1. The first-order valence-electron chi connectivity index (χ1n) is 12.2. The number of aromatic nitrogens is 3. The zero-order chi connectivity index (χ0) is 27.8. The summed E-state index contributed by atoms with van der Waals surface area (Å²) in [6, 6.07) is 7.46. The molecule has 0 bridgehead atoms. The van der Waals surface area contributed by atoms with Crippen LogP contribution in [-0.4, -0.2) is 31.2 Å². The van der Waals surface area contributed by atoms with Crippen molar-refractivity contribution in [2.45, 2.75) is 65.6 Å². The van der Waals surface area contributed by atoms with E-state index >= 15 is 0 Å². The largest absolute Gasteiger partial charge is 0.480 e. The van der Waals surface area contributed by atoms with Crippen molar-refractivity contribution < 1.29 is 23.8 Å². The minimum atomic E-state index is -1.85. The minimum Gasteiger partial charge on any atom is -0.480 e. The van der Waals surface area contributed by atoms with Crippen LogP contribution in [0.1, 0.15) is 56.9 Å². The van der Waals surface area contributed by atoms with Crippen LogP contribution in [0.25, 0.3) is 21.0 Å². The lowest BCUT2D eigenvalue weighted by atomic mass is 10.00. The summed E-state index contributed by atoms with van der Waals surface area (Å²) >= 11 is 1.14. The number of benzene rings is 1. The number of carboxylic acids is 1. The van der Waals surface area contributed by atoms with E-state index in [1.807, 2.05) is 31.2 Å². The average molecular weight is 540 g/mol. The van der Waals surface area contributed by atoms with Crippen LogP contribution in [0.3, 0.4) is 0 Å². The molecule has 0 saturated carbocycles. The smallest absolute Gasteiger partial charge is 0.333 e. The Morgan fingerprint density at radius 3 is 2.53 bits per heavy atom. The van der Waals surface area contributed by atoms with Gasteiger partial charge in [0.2, 0.25) is 5.89 Å². The molecule has 11 heteroatoms. The summed E-state index contributed by atoms with van der Waals surface area (Å²) in [5.41, 5.74) is -1.21. The number of thiophene rings is 1. The number of carbonyl (C=O) groups excluding carboxylic acids is 1. The van der Waals surface area contributed by atoms with Gasteiger partial charge >= 0.3 is 17.6 Å². The average Bonchev–Trinajstić information content (AvgIpc) is 3.53. The van der Waals surface area contributed by atoms with Gasteiger partial charge in [-0.3, -0.25) is 14.2 Å². The molecule has 0 saturated heterocycles. The highest BCUT2D eigenvalue weighted by Crippen LogP contribution is 2.36. The van der Waals surface area contributed by atoms with E-state index in [1.165, 1.54) is 30.9 Å². The maximum atomic E-state index is 13.9. The predicted octanol–water partition coefficient (Wildman–Crippen LogP) is 4.26. The fraction of sp³-hybridized carbons (Fsp3) is 0.370. The number of hydrogen-bond donors (Lipinski definition) is 1. The third-order valence-electron chi connectivity index (χ3n) is 6.62. The van der Waals surface area contributed by atoms with E-state index in [1.54, 1.807) is 13.8 Å². The van der Waals surface area contributed by atoms with Crippen molar-refractivity contribution in [3.63, 3.8) is 0 Å². The van der Waals surface area contributed by atoms with Gasteiger partial charge < -0.3 is 14.3 Å². The highest BCUT2D eigenvalue weighted by molar-refractivity contribution is 7.22. The van der Waals surface area contributed by atoms with Crippen LogP contribution >= 0.6 is 11.3 Å². The maximum Gasteiger partial charge on any atom is 0.333 e. The molecule has 0 radical (unpaired) electrons. The zero-order valence-corrected chi connectivity index (χ0v) is 22.6. The van der Waals surface area contributed by atoms with Crippen molar-refractivity contribution in [3.8, 4) is 10.8 Å². The van der Waals surface area contributed by atoms with E-state index in [2.05, 4.69) is 4.98 Å². The summed E-state index contributed by atoms with van der Waals surface area (Å²) in [5.74, 6) is -1.52. The number of rotatable bonds is 9. The van der Waals surface area contributed by atoms with Crippen LogP contribution in [0.2, 0.25) is 0 Å². The van der Waals surface area contributed by atoms with E-state index in [0.29, 0.717) is 21.7 Å². The van der Waals surface area contributed by atoms with Crippen LogP contribution in [-0.2, 0) is 32.8 Å². The first kappa shape index (κ1) is 27.1. The fourth-order valence-corrected chi connectivity index (χ4v) is 5.65. The Morgan fingerprint density at radius 1 is 1.21 bits per heavy atom. The molecule has 1 N–H and O–H groups in total. The van der Waals surface area contributed by atoms with Crippen molar-refractivity contribution >= 4 is 33.5 Å². The summed E-state index contributed by atoms with van der Waals surface area (Å²) in [6.07, 6.45) is 2.82. The van der Waals surface area contributed by atoms with Gasteiger partial charge in [-0.25, -0.2) is 19.1 Å². The Hall–Kier alpha value is -3.99. The number of fused-ring (bicyclic) bond motifs is 1. The Morgan fingerprint density at radius 2 is 1.92 bits per heavy atom. The molecule has 1 aromatic carbocycles. The fourth-order valence-electron chi connectivity index (χ4n) is 4.41. The van der Waals surface area contributed by atoms with Gasteiger partial charge in [0.25, 0.3) is 5.56 Å². The number of hydrogen-bond acceptors (Lipinski definition) is 8. The summed E-state index contributed by atoms with van der Waals surface area (Å²) < 4.78 is 13.4. The van der Waals surface area contributed by atoms with E-state index in [0.717, 1.165) is 27.0 Å². The third-order valence-corrected chi connectivity index (χ3v) is 7.92. The highest BCUT2D eigenvalue weighted by atomic mass is 32.1. The summed E-state index contributed by atoms with van der Waals surface area (Å²) in [5, 5.41) is 10.1. The maximum absolute atomic E-state index is 13.9. The second-order valence-electron chi connectivity index (χ2n) is 9.36. The van der Waals surface area contributed by atoms with Crippen LogP contribution in [0.15, 0.2) is 50.7 Å². The number of aliphatic carboxylic acids is 1. The quantitative estimate of drug-likeness (QED) is 0.312. The Kier molecular flexibility index (Phi) is 7.41. The number of carbonyl (C=O) groups is 2. The van der Waals surface area contributed by atoms with E-state index in [4.69, 9.17) is 9.15 Å². The van der Waals surface area contributed by atoms with Gasteiger partial charge in [0.1, 0.15) is 22.7 Å². The summed E-state index contributed by atoms with van der Waals surface area (Å²) in [7, 11) is 0. The molecule has 0 unspecified atom stereocenters. The molecular formula is C27H29N3O7S. The number of oxazole rings is 1. The van der Waals surface area contributed by atoms with Crippen molar-refractivity contribution in [1.29, 1.82) is 0 Å². The summed E-state index contributed by atoms with van der Waals surface area (Å²) in [6.45, 7) is 7.82. The molecule has 3 aromatic heterocycles. The van der Waals surface area contributed by atoms with Crippen LogP contribution in [0.4, 0.5) is 0 Å². The van der Waals surface area contributed by atoms with E-state index in [-0.39, 0.29) is 24.2 Å². The van der Waals surface area contributed by atoms with Gasteiger partial charge in [0, 0.05) is 6.42 Å². The molecule has 38 heavy (non-hydrogen) atoms. The monoisotopic (exact) mass is 539 g/mol. The predicted molar refractivity (Wildman–Crippen MR) is 142 cm³/mol. The van der Waals surface area contributed by atoms with Gasteiger partial charge in [0.15, 0.2) is 0 Å². The molecule has 4 aromatic rings. The molecule has 0 aliphatic rings. The highest BCUT2D eigenvalue weighted by Gasteiger charge is 2.36. The molecule has 200 valence electrons. The topological polar surface area (TPSA) is 134 Å². The lowest BCUT2D eigenvalue weighted by Gasteiger charge is -2.25. The molecule has 1 atom stereocenters. The Labute approximate surface area is 222 Å². The van der Waals surface area contributed by atoms with Crippen LogP contribution in [0, 0.1) is 6.92 Å². The molecule has 0 amide bonds. The number of nitrogens with zero attached hydrogens (tertiary/aromatic N) is 3. The first-order chi connectivity index (χ1) is 18.0. The number of aryl methyl sites for hydroxylation is 2. The number of ether oxygens (including phenoxy) is 1. The number of esters is 1. The Bertz CT molecular complexity index is 1630.